The molecule has 1 atom stereocenters. The fraction of sp³-hybridized carbons (Fsp3) is 0.429. The van der Waals surface area contributed by atoms with Gasteiger partial charge in [0.2, 0.25) is 11.8 Å². The van der Waals surface area contributed by atoms with Gasteiger partial charge in [0.15, 0.2) is 0 Å². The molecule has 6 nitrogen and oxygen atoms in total. The van der Waals surface area contributed by atoms with Crippen molar-refractivity contribution in [3.63, 3.8) is 0 Å². The molecule has 2 aromatic rings. The molecule has 0 aliphatic carbocycles. The van der Waals surface area contributed by atoms with Crippen LogP contribution in [0.25, 0.3) is 0 Å². The fourth-order valence-corrected chi connectivity index (χ4v) is 4.03. The maximum Gasteiger partial charge on any atom is 0.232 e. The second kappa shape index (κ2) is 7.56. The molecule has 27 heavy (non-hydrogen) atoms. The van der Waals surface area contributed by atoms with Gasteiger partial charge in [-0.1, -0.05) is 24.3 Å². The van der Waals surface area contributed by atoms with Crippen LogP contribution in [0.5, 0.6) is 0 Å². The Hall–Kier alpha value is -2.60. The van der Waals surface area contributed by atoms with Gasteiger partial charge < -0.3 is 19.1 Å². The number of ether oxygens (including phenoxy) is 1. The van der Waals surface area contributed by atoms with Crippen LogP contribution in [0.4, 0.5) is 0 Å². The molecule has 2 aliphatic heterocycles. The molecule has 0 spiro atoms. The Labute approximate surface area is 159 Å². The number of benzene rings is 1. The Bertz CT molecular complexity index is 839. The second-order valence-corrected chi connectivity index (χ2v) is 7.14. The molecule has 1 fully saturated rings. The van der Waals surface area contributed by atoms with Gasteiger partial charge >= 0.3 is 0 Å². The van der Waals surface area contributed by atoms with Crippen molar-refractivity contribution < 1.29 is 14.3 Å². The number of hydrogen-bond donors (Lipinski definition) is 0. The first kappa shape index (κ1) is 17.8. The monoisotopic (exact) mass is 367 g/mol. The van der Waals surface area contributed by atoms with Crippen LogP contribution >= 0.6 is 0 Å². The molecule has 4 rings (SSSR count). The number of amides is 2. The third kappa shape index (κ3) is 3.49. The first-order valence-corrected chi connectivity index (χ1v) is 9.50. The molecule has 1 aromatic heterocycles. The third-order valence-corrected chi connectivity index (χ3v) is 5.51. The normalized spacial score (nSPS) is 19.7. The number of carbonyl (C=O) groups excluding carboxylic acids is 2. The van der Waals surface area contributed by atoms with E-state index in [9.17, 15) is 9.59 Å². The molecule has 2 aliphatic rings. The minimum Gasteiger partial charge on any atom is -0.378 e. The molecule has 0 N–H and O–H groups in total. The number of fused-ring (bicyclic) bond motifs is 1. The number of nitrogens with zero attached hydrogens (tertiary/aromatic N) is 3. The zero-order chi connectivity index (χ0) is 18.8. The molecule has 0 bridgehead atoms. The van der Waals surface area contributed by atoms with Crippen molar-refractivity contribution in [2.45, 2.75) is 25.9 Å². The van der Waals surface area contributed by atoms with Crippen LogP contribution < -0.4 is 0 Å². The minimum absolute atomic E-state index is 0.0803. The topological polar surface area (TPSA) is 54.8 Å². The predicted octanol–water partition coefficient (Wildman–Crippen LogP) is 1.98. The van der Waals surface area contributed by atoms with Crippen LogP contribution in [-0.2, 0) is 20.9 Å². The number of hydrogen-bond acceptors (Lipinski definition) is 3. The zero-order valence-corrected chi connectivity index (χ0v) is 15.6. The summed E-state index contributed by atoms with van der Waals surface area (Å²) in [5.74, 6) is -0.208. The fourth-order valence-electron chi connectivity index (χ4n) is 4.03. The van der Waals surface area contributed by atoms with Crippen molar-refractivity contribution in [2.75, 3.05) is 32.8 Å². The summed E-state index contributed by atoms with van der Waals surface area (Å²) in [6, 6.07) is 12.1. The van der Waals surface area contributed by atoms with Crippen LogP contribution in [0.2, 0.25) is 0 Å². The van der Waals surface area contributed by atoms with Gasteiger partial charge in [-0.05, 0) is 30.2 Å². The van der Waals surface area contributed by atoms with Gasteiger partial charge in [0.05, 0.1) is 19.3 Å². The smallest absolute Gasteiger partial charge is 0.232 e. The van der Waals surface area contributed by atoms with Crippen molar-refractivity contribution in [3.05, 3.63) is 59.4 Å². The van der Waals surface area contributed by atoms with E-state index in [1.165, 1.54) is 0 Å². The maximum absolute atomic E-state index is 13.1. The summed E-state index contributed by atoms with van der Waals surface area (Å²) in [4.78, 5) is 29.3. The number of aromatic nitrogens is 1. The summed E-state index contributed by atoms with van der Waals surface area (Å²) in [5, 5.41) is 0. The van der Waals surface area contributed by atoms with E-state index in [4.69, 9.17) is 4.74 Å². The van der Waals surface area contributed by atoms with Gasteiger partial charge in [-0.3, -0.25) is 9.59 Å². The number of morpholine rings is 1. The molecular weight excluding hydrogens is 342 g/mol. The Morgan fingerprint density at radius 2 is 1.78 bits per heavy atom. The minimum atomic E-state index is -0.153. The summed E-state index contributed by atoms with van der Waals surface area (Å²) in [6.07, 6.45) is 1.98. The average molecular weight is 367 g/mol. The Morgan fingerprint density at radius 1 is 1.00 bits per heavy atom. The van der Waals surface area contributed by atoms with E-state index in [1.54, 1.807) is 4.90 Å². The highest BCUT2D eigenvalue weighted by Gasteiger charge is 2.34. The van der Waals surface area contributed by atoms with Crippen LogP contribution in [0.3, 0.4) is 0 Å². The second-order valence-electron chi connectivity index (χ2n) is 7.14. The van der Waals surface area contributed by atoms with E-state index in [-0.39, 0.29) is 24.3 Å². The lowest BCUT2D eigenvalue weighted by atomic mass is 9.95. The van der Waals surface area contributed by atoms with Crippen molar-refractivity contribution in [1.82, 2.24) is 14.4 Å². The van der Waals surface area contributed by atoms with Crippen molar-refractivity contribution in [2.24, 2.45) is 0 Å². The molecule has 0 radical (unpaired) electrons. The summed E-state index contributed by atoms with van der Waals surface area (Å²) >= 11 is 0. The van der Waals surface area contributed by atoms with Crippen LogP contribution in [0, 0.1) is 6.92 Å². The van der Waals surface area contributed by atoms with Gasteiger partial charge in [0.1, 0.15) is 6.42 Å². The van der Waals surface area contributed by atoms with Crippen LogP contribution in [0.1, 0.15) is 29.3 Å². The third-order valence-electron chi connectivity index (χ3n) is 5.51. The summed E-state index contributed by atoms with van der Waals surface area (Å²) in [5.41, 5.74) is 3.36. The van der Waals surface area contributed by atoms with E-state index in [0.717, 1.165) is 23.4 Å². The van der Waals surface area contributed by atoms with E-state index in [0.29, 0.717) is 32.8 Å². The number of carbonyl (C=O) groups is 2. The summed E-state index contributed by atoms with van der Waals surface area (Å²) in [7, 11) is 0. The Balaban J connectivity index is 1.59. The largest absolute Gasteiger partial charge is 0.378 e. The van der Waals surface area contributed by atoms with Crippen LogP contribution in [-0.4, -0.2) is 59.0 Å². The quantitative estimate of drug-likeness (QED) is 0.780. The molecule has 0 saturated carbocycles. The molecule has 1 saturated heterocycles. The SMILES string of the molecule is Cc1ccccc1[C@@H]1c2cccn2CCN1C(=O)CC(=O)N1CCOCC1. The average Bonchev–Trinajstić information content (AvgIpc) is 3.17. The Kier molecular flexibility index (Phi) is 4.99. The van der Waals surface area contributed by atoms with E-state index in [2.05, 4.69) is 35.9 Å². The van der Waals surface area contributed by atoms with E-state index in [1.807, 2.05) is 23.1 Å². The van der Waals surface area contributed by atoms with E-state index < -0.39 is 0 Å². The number of aryl methyl sites for hydroxylation is 1. The first-order valence-electron chi connectivity index (χ1n) is 9.50. The molecule has 0 unspecified atom stereocenters. The van der Waals surface area contributed by atoms with Crippen molar-refractivity contribution >= 4 is 11.8 Å². The lowest BCUT2D eigenvalue weighted by molar-refractivity contribution is -0.144. The van der Waals surface area contributed by atoms with Gasteiger partial charge in [0, 0.05) is 38.1 Å². The van der Waals surface area contributed by atoms with Gasteiger partial charge in [-0.25, -0.2) is 0 Å². The molecule has 1 aromatic carbocycles. The highest BCUT2D eigenvalue weighted by molar-refractivity contribution is 5.97. The lowest BCUT2D eigenvalue weighted by Gasteiger charge is -2.38. The van der Waals surface area contributed by atoms with E-state index >= 15 is 0 Å². The van der Waals surface area contributed by atoms with Crippen molar-refractivity contribution in [3.8, 4) is 0 Å². The molecule has 3 heterocycles. The molecular formula is C21H25N3O3. The van der Waals surface area contributed by atoms with Gasteiger partial charge in [-0.2, -0.15) is 0 Å². The summed E-state index contributed by atoms with van der Waals surface area (Å²) in [6.45, 7) is 5.65. The summed E-state index contributed by atoms with van der Waals surface area (Å²) < 4.78 is 7.50. The zero-order valence-electron chi connectivity index (χ0n) is 15.6. The molecule has 142 valence electrons. The van der Waals surface area contributed by atoms with Crippen molar-refractivity contribution in [1.29, 1.82) is 0 Å². The first-order chi connectivity index (χ1) is 13.1. The highest BCUT2D eigenvalue weighted by Crippen LogP contribution is 2.34. The molecule has 6 heteroatoms. The predicted molar refractivity (Wildman–Crippen MR) is 101 cm³/mol. The van der Waals surface area contributed by atoms with Crippen LogP contribution in [0.15, 0.2) is 42.6 Å². The molecule has 2 amide bonds. The van der Waals surface area contributed by atoms with Gasteiger partial charge in [-0.15, -0.1) is 0 Å². The lowest BCUT2D eigenvalue weighted by Crippen LogP contribution is -2.46. The maximum atomic E-state index is 13.1. The standard InChI is InChI=1S/C21H25N3O3/c1-16-5-2-3-6-17(16)21-18-7-4-8-22(18)9-10-24(21)20(26)15-19(25)23-11-13-27-14-12-23/h2-8,21H,9-15H2,1H3/t21-/m1/s1. The highest BCUT2D eigenvalue weighted by atomic mass is 16.5. The van der Waals surface area contributed by atoms with Gasteiger partial charge in [0.25, 0.3) is 0 Å². The Morgan fingerprint density at radius 3 is 2.56 bits per heavy atom. The number of rotatable bonds is 3.